The molecule has 0 saturated carbocycles. The predicted octanol–water partition coefficient (Wildman–Crippen LogP) is 4.17. The van der Waals surface area contributed by atoms with Gasteiger partial charge in [-0.2, -0.15) is 0 Å². The number of nitro benzene ring substituents is 1. The summed E-state index contributed by atoms with van der Waals surface area (Å²) in [5, 5.41) is 10.8. The first kappa shape index (κ1) is 18.4. The van der Waals surface area contributed by atoms with Gasteiger partial charge in [-0.15, -0.1) is 0 Å². The largest absolute Gasteiger partial charge is 0.460 e. The fourth-order valence-corrected chi connectivity index (χ4v) is 3.53. The van der Waals surface area contributed by atoms with Crippen LogP contribution in [0.5, 0.6) is 0 Å². The molecule has 0 bridgehead atoms. The Morgan fingerprint density at radius 1 is 0.821 bits per heavy atom. The summed E-state index contributed by atoms with van der Waals surface area (Å²) in [4.78, 5) is 15.3. The van der Waals surface area contributed by atoms with Crippen molar-refractivity contribution in [2.24, 2.45) is 0 Å². The molecular formula is C22H23N3O3. The fourth-order valence-electron chi connectivity index (χ4n) is 3.53. The third-order valence-electron chi connectivity index (χ3n) is 5.12. The van der Waals surface area contributed by atoms with Crippen LogP contribution in [0.25, 0.3) is 11.3 Å². The maximum Gasteiger partial charge on any atom is 0.269 e. The van der Waals surface area contributed by atoms with E-state index >= 15 is 0 Å². The van der Waals surface area contributed by atoms with Gasteiger partial charge >= 0.3 is 0 Å². The van der Waals surface area contributed by atoms with Gasteiger partial charge in [0.1, 0.15) is 11.5 Å². The first-order valence-electron chi connectivity index (χ1n) is 9.49. The molecule has 4 rings (SSSR count). The van der Waals surface area contributed by atoms with Gasteiger partial charge in [-0.1, -0.05) is 30.3 Å². The van der Waals surface area contributed by atoms with Gasteiger partial charge in [0.25, 0.3) is 5.69 Å². The zero-order valence-corrected chi connectivity index (χ0v) is 15.7. The zero-order valence-electron chi connectivity index (χ0n) is 15.7. The van der Waals surface area contributed by atoms with E-state index in [1.54, 1.807) is 12.1 Å². The van der Waals surface area contributed by atoms with Crippen LogP contribution in [0.4, 0.5) is 5.69 Å². The SMILES string of the molecule is O=[N+]([O-])c1ccc(-c2ccc(CN3CCN(Cc4ccccc4)CC3)o2)cc1. The van der Waals surface area contributed by atoms with Crippen molar-refractivity contribution in [3.63, 3.8) is 0 Å². The van der Waals surface area contributed by atoms with E-state index in [1.807, 2.05) is 12.1 Å². The second-order valence-corrected chi connectivity index (χ2v) is 7.11. The van der Waals surface area contributed by atoms with Crippen LogP contribution in [0.15, 0.2) is 71.1 Å². The highest BCUT2D eigenvalue weighted by atomic mass is 16.6. The van der Waals surface area contributed by atoms with Crippen LogP contribution >= 0.6 is 0 Å². The second-order valence-electron chi connectivity index (χ2n) is 7.11. The third kappa shape index (κ3) is 4.47. The minimum absolute atomic E-state index is 0.0869. The standard InChI is InChI=1S/C22H23N3O3/c26-25(27)20-8-6-19(7-9-20)22-11-10-21(28-22)17-24-14-12-23(13-15-24)16-18-4-2-1-3-5-18/h1-11H,12-17H2. The number of rotatable bonds is 6. The minimum Gasteiger partial charge on any atom is -0.460 e. The van der Waals surface area contributed by atoms with Gasteiger partial charge in [-0.25, -0.2) is 0 Å². The summed E-state index contributed by atoms with van der Waals surface area (Å²) in [6.07, 6.45) is 0. The monoisotopic (exact) mass is 377 g/mol. The predicted molar refractivity (Wildman–Crippen MR) is 108 cm³/mol. The van der Waals surface area contributed by atoms with Crippen molar-refractivity contribution < 1.29 is 9.34 Å². The molecule has 0 spiro atoms. The van der Waals surface area contributed by atoms with E-state index in [2.05, 4.69) is 40.1 Å². The summed E-state index contributed by atoms with van der Waals surface area (Å²) in [6.45, 7) is 5.91. The molecule has 0 unspecified atom stereocenters. The lowest BCUT2D eigenvalue weighted by Crippen LogP contribution is -2.45. The molecule has 6 heteroatoms. The van der Waals surface area contributed by atoms with Gasteiger partial charge in [0.2, 0.25) is 0 Å². The highest BCUT2D eigenvalue weighted by Crippen LogP contribution is 2.25. The van der Waals surface area contributed by atoms with E-state index < -0.39 is 4.92 Å². The van der Waals surface area contributed by atoms with Crippen LogP contribution in [0.1, 0.15) is 11.3 Å². The highest BCUT2D eigenvalue weighted by molar-refractivity contribution is 5.59. The molecule has 144 valence electrons. The Bertz CT molecular complexity index is 914. The van der Waals surface area contributed by atoms with Crippen molar-refractivity contribution in [1.82, 2.24) is 9.80 Å². The molecule has 0 amide bonds. The maximum atomic E-state index is 10.8. The number of nitro groups is 1. The first-order valence-corrected chi connectivity index (χ1v) is 9.49. The quantitative estimate of drug-likeness (QED) is 0.476. The topological polar surface area (TPSA) is 62.8 Å². The number of nitrogens with zero attached hydrogens (tertiary/aromatic N) is 3. The zero-order chi connectivity index (χ0) is 19.3. The Hall–Kier alpha value is -2.96. The van der Waals surface area contributed by atoms with E-state index in [4.69, 9.17) is 4.42 Å². The van der Waals surface area contributed by atoms with Crippen LogP contribution in [-0.2, 0) is 13.1 Å². The highest BCUT2D eigenvalue weighted by Gasteiger charge is 2.18. The van der Waals surface area contributed by atoms with Crippen molar-refractivity contribution >= 4 is 5.69 Å². The molecule has 0 radical (unpaired) electrons. The molecule has 3 aromatic rings. The van der Waals surface area contributed by atoms with Gasteiger partial charge in [0.05, 0.1) is 11.5 Å². The van der Waals surface area contributed by atoms with Crippen molar-refractivity contribution in [3.05, 3.63) is 88.2 Å². The molecule has 1 aromatic heterocycles. The molecule has 1 saturated heterocycles. The molecule has 0 atom stereocenters. The molecule has 0 N–H and O–H groups in total. The molecule has 1 aliphatic heterocycles. The molecular weight excluding hydrogens is 354 g/mol. The number of furan rings is 1. The van der Waals surface area contributed by atoms with Crippen molar-refractivity contribution in [1.29, 1.82) is 0 Å². The van der Waals surface area contributed by atoms with Crippen LogP contribution in [0.2, 0.25) is 0 Å². The summed E-state index contributed by atoms with van der Waals surface area (Å²) in [5.41, 5.74) is 2.29. The lowest BCUT2D eigenvalue weighted by Gasteiger charge is -2.34. The number of benzene rings is 2. The van der Waals surface area contributed by atoms with E-state index in [-0.39, 0.29) is 5.69 Å². The summed E-state index contributed by atoms with van der Waals surface area (Å²) in [7, 11) is 0. The normalized spacial score (nSPS) is 15.6. The minimum atomic E-state index is -0.394. The summed E-state index contributed by atoms with van der Waals surface area (Å²) >= 11 is 0. The lowest BCUT2D eigenvalue weighted by atomic mass is 10.1. The van der Waals surface area contributed by atoms with E-state index in [0.29, 0.717) is 0 Å². The molecule has 2 aromatic carbocycles. The van der Waals surface area contributed by atoms with Gasteiger partial charge < -0.3 is 4.42 Å². The third-order valence-corrected chi connectivity index (χ3v) is 5.12. The number of hydrogen-bond acceptors (Lipinski definition) is 5. The Labute approximate surface area is 164 Å². The Balaban J connectivity index is 1.30. The average molecular weight is 377 g/mol. The molecule has 28 heavy (non-hydrogen) atoms. The molecule has 6 nitrogen and oxygen atoms in total. The average Bonchev–Trinajstić information content (AvgIpc) is 3.19. The lowest BCUT2D eigenvalue weighted by molar-refractivity contribution is -0.384. The van der Waals surface area contributed by atoms with Gasteiger partial charge in [0.15, 0.2) is 0 Å². The summed E-state index contributed by atoms with van der Waals surface area (Å²) in [5.74, 6) is 1.66. The smallest absolute Gasteiger partial charge is 0.269 e. The van der Waals surface area contributed by atoms with E-state index in [9.17, 15) is 10.1 Å². The number of piperazine rings is 1. The molecule has 2 heterocycles. The fraction of sp³-hybridized carbons (Fsp3) is 0.273. The van der Waals surface area contributed by atoms with Crippen molar-refractivity contribution in [3.8, 4) is 11.3 Å². The van der Waals surface area contributed by atoms with Crippen molar-refractivity contribution in [2.75, 3.05) is 26.2 Å². The number of non-ortho nitro benzene ring substituents is 1. The maximum absolute atomic E-state index is 10.8. The first-order chi connectivity index (χ1) is 13.7. The van der Waals surface area contributed by atoms with Crippen LogP contribution in [0, 0.1) is 10.1 Å². The van der Waals surface area contributed by atoms with Crippen LogP contribution in [0.3, 0.4) is 0 Å². The van der Waals surface area contributed by atoms with E-state index in [1.165, 1.54) is 17.7 Å². The summed E-state index contributed by atoms with van der Waals surface area (Å²) in [6, 6.07) is 21.0. The molecule has 1 fully saturated rings. The van der Waals surface area contributed by atoms with Gasteiger partial charge in [0, 0.05) is 50.4 Å². The van der Waals surface area contributed by atoms with Crippen LogP contribution < -0.4 is 0 Å². The second kappa shape index (κ2) is 8.37. The molecule has 0 aliphatic carbocycles. The number of hydrogen-bond donors (Lipinski definition) is 0. The van der Waals surface area contributed by atoms with Crippen LogP contribution in [-0.4, -0.2) is 40.9 Å². The van der Waals surface area contributed by atoms with Crippen molar-refractivity contribution in [2.45, 2.75) is 13.1 Å². The molecule has 1 aliphatic rings. The Morgan fingerprint density at radius 2 is 1.46 bits per heavy atom. The Kier molecular flexibility index (Phi) is 5.50. The summed E-state index contributed by atoms with van der Waals surface area (Å²) < 4.78 is 5.97. The van der Waals surface area contributed by atoms with Gasteiger partial charge in [-0.3, -0.25) is 19.9 Å². The van der Waals surface area contributed by atoms with Gasteiger partial charge in [-0.05, 0) is 29.8 Å². The Morgan fingerprint density at radius 3 is 2.11 bits per heavy atom. The van der Waals surface area contributed by atoms with E-state index in [0.717, 1.165) is 56.4 Å².